The van der Waals surface area contributed by atoms with Crippen LogP contribution in [0.4, 0.5) is 0 Å². The largest absolute Gasteiger partial charge is 0.463 e. The molecule has 0 saturated carbocycles. The van der Waals surface area contributed by atoms with Crippen LogP contribution in [0, 0.1) is 0 Å². The number of hydrogen-bond donors (Lipinski definition) is 2. The Morgan fingerprint density at radius 2 is 1.62 bits per heavy atom. The maximum Gasteiger partial charge on any atom is 0.331 e. The van der Waals surface area contributed by atoms with Gasteiger partial charge in [0.15, 0.2) is 6.61 Å². The van der Waals surface area contributed by atoms with E-state index >= 15 is 0 Å². The molecule has 21 heavy (non-hydrogen) atoms. The Kier molecular flexibility index (Phi) is 9.23. The van der Waals surface area contributed by atoms with E-state index in [1.54, 1.807) is 13.8 Å². The summed E-state index contributed by atoms with van der Waals surface area (Å²) in [6.45, 7) is 4.99. The fourth-order valence-corrected chi connectivity index (χ4v) is 1.19. The molecule has 0 saturated heterocycles. The van der Waals surface area contributed by atoms with Gasteiger partial charge in [-0.3, -0.25) is 9.59 Å². The minimum atomic E-state index is -0.858. The van der Waals surface area contributed by atoms with Gasteiger partial charge in [-0.1, -0.05) is 0 Å². The first-order valence-electron chi connectivity index (χ1n) is 6.49. The summed E-state index contributed by atoms with van der Waals surface area (Å²) in [6.07, 6.45) is 1.76. The first-order chi connectivity index (χ1) is 9.90. The summed E-state index contributed by atoms with van der Waals surface area (Å²) in [7, 11) is 0. The van der Waals surface area contributed by atoms with Crippen LogP contribution in [0.5, 0.6) is 0 Å². The lowest BCUT2D eigenvalue weighted by molar-refractivity contribution is -0.144. The molecule has 0 aliphatic carbocycles. The quantitative estimate of drug-likeness (QED) is 0.452. The zero-order chi connectivity index (χ0) is 16.3. The summed E-state index contributed by atoms with van der Waals surface area (Å²) < 4.78 is 9.16. The third kappa shape index (κ3) is 9.20. The van der Waals surface area contributed by atoms with Crippen molar-refractivity contribution in [2.45, 2.75) is 26.8 Å². The lowest BCUT2D eigenvalue weighted by Gasteiger charge is -2.12. The molecule has 0 aliphatic rings. The first-order valence-corrected chi connectivity index (χ1v) is 6.49. The van der Waals surface area contributed by atoms with Gasteiger partial charge in [0.25, 0.3) is 5.91 Å². The van der Waals surface area contributed by atoms with Crippen molar-refractivity contribution in [3.05, 3.63) is 12.2 Å². The van der Waals surface area contributed by atoms with E-state index in [0.717, 1.165) is 12.2 Å². The average Bonchev–Trinajstić information content (AvgIpc) is 2.43. The molecule has 0 bridgehead atoms. The molecule has 0 aliphatic heterocycles. The summed E-state index contributed by atoms with van der Waals surface area (Å²) in [6, 6.07) is -0.730. The summed E-state index contributed by atoms with van der Waals surface area (Å²) in [4.78, 5) is 44.9. The van der Waals surface area contributed by atoms with E-state index in [1.165, 1.54) is 6.92 Å². The second-order valence-corrected chi connectivity index (χ2v) is 3.88. The normalized spacial score (nSPS) is 11.6. The molecule has 1 atom stereocenters. The molecule has 8 nitrogen and oxygen atoms in total. The van der Waals surface area contributed by atoms with Gasteiger partial charge in [0.05, 0.1) is 6.61 Å². The molecule has 0 aromatic heterocycles. The molecule has 0 rings (SSSR count). The van der Waals surface area contributed by atoms with Gasteiger partial charge >= 0.3 is 11.9 Å². The number of amides is 2. The molecule has 0 aromatic rings. The number of hydrogen-bond acceptors (Lipinski definition) is 6. The summed E-state index contributed by atoms with van der Waals surface area (Å²) >= 11 is 0. The van der Waals surface area contributed by atoms with Gasteiger partial charge in [-0.2, -0.15) is 0 Å². The van der Waals surface area contributed by atoms with E-state index in [4.69, 9.17) is 0 Å². The number of ether oxygens (including phenoxy) is 2. The molecule has 8 heteroatoms. The van der Waals surface area contributed by atoms with Crippen LogP contribution in [0.1, 0.15) is 20.8 Å². The van der Waals surface area contributed by atoms with Gasteiger partial charge in [-0.25, -0.2) is 9.59 Å². The SMILES string of the molecule is CCNC(=O)[C@@H](C)NC(=O)COC(=O)/C=C/C(=O)OCC. The van der Waals surface area contributed by atoms with Crippen LogP contribution < -0.4 is 10.6 Å². The van der Waals surface area contributed by atoms with Crippen LogP contribution in [0.3, 0.4) is 0 Å². The monoisotopic (exact) mass is 300 g/mol. The van der Waals surface area contributed by atoms with Crippen LogP contribution in [-0.4, -0.2) is 49.6 Å². The van der Waals surface area contributed by atoms with E-state index in [1.807, 2.05) is 0 Å². The Morgan fingerprint density at radius 1 is 1.05 bits per heavy atom. The predicted octanol–water partition coefficient (Wildman–Crippen LogP) is -0.710. The van der Waals surface area contributed by atoms with Crippen LogP contribution >= 0.6 is 0 Å². The van der Waals surface area contributed by atoms with Crippen LogP contribution in [0.2, 0.25) is 0 Å². The maximum atomic E-state index is 11.4. The van der Waals surface area contributed by atoms with Crippen molar-refractivity contribution in [1.29, 1.82) is 0 Å². The topological polar surface area (TPSA) is 111 Å². The zero-order valence-corrected chi connectivity index (χ0v) is 12.3. The Hall–Kier alpha value is -2.38. The number of esters is 2. The van der Waals surface area contributed by atoms with Crippen molar-refractivity contribution in [3.63, 3.8) is 0 Å². The molecule has 0 heterocycles. The van der Waals surface area contributed by atoms with E-state index in [-0.39, 0.29) is 12.5 Å². The number of nitrogens with one attached hydrogen (secondary N) is 2. The van der Waals surface area contributed by atoms with Crippen LogP contribution in [0.15, 0.2) is 12.2 Å². The van der Waals surface area contributed by atoms with Crippen molar-refractivity contribution >= 4 is 23.8 Å². The molecule has 0 unspecified atom stereocenters. The molecule has 0 fully saturated rings. The molecule has 0 aromatic carbocycles. The molecule has 2 N–H and O–H groups in total. The van der Waals surface area contributed by atoms with Gasteiger partial charge < -0.3 is 20.1 Å². The number of carbonyl (C=O) groups excluding carboxylic acids is 4. The van der Waals surface area contributed by atoms with Gasteiger partial charge in [0, 0.05) is 18.7 Å². The Morgan fingerprint density at radius 3 is 2.14 bits per heavy atom. The minimum Gasteiger partial charge on any atom is -0.463 e. The summed E-state index contributed by atoms with van der Waals surface area (Å²) in [5, 5.41) is 4.90. The fourth-order valence-electron chi connectivity index (χ4n) is 1.19. The standard InChI is InChI=1S/C13H20N2O6/c1-4-14-13(19)9(3)15-10(16)8-21-12(18)7-6-11(17)20-5-2/h6-7,9H,4-5,8H2,1-3H3,(H,14,19)(H,15,16)/b7-6+/t9-/m1/s1. The highest BCUT2D eigenvalue weighted by atomic mass is 16.5. The third-order valence-electron chi connectivity index (χ3n) is 2.11. The van der Waals surface area contributed by atoms with Gasteiger partial charge in [-0.15, -0.1) is 0 Å². The average molecular weight is 300 g/mol. The zero-order valence-electron chi connectivity index (χ0n) is 12.3. The Balaban J connectivity index is 4.05. The summed E-state index contributed by atoms with van der Waals surface area (Å²) in [5.41, 5.74) is 0. The third-order valence-corrected chi connectivity index (χ3v) is 2.11. The smallest absolute Gasteiger partial charge is 0.331 e. The highest BCUT2D eigenvalue weighted by molar-refractivity contribution is 5.93. The van der Waals surface area contributed by atoms with E-state index in [9.17, 15) is 19.2 Å². The van der Waals surface area contributed by atoms with E-state index in [0.29, 0.717) is 6.54 Å². The molecule has 0 radical (unpaired) electrons. The molecular formula is C13H20N2O6. The van der Waals surface area contributed by atoms with Crippen molar-refractivity contribution in [2.24, 2.45) is 0 Å². The Labute approximate surface area is 122 Å². The number of rotatable bonds is 8. The molecule has 2 amide bonds. The van der Waals surface area contributed by atoms with Gasteiger partial charge in [0.2, 0.25) is 5.91 Å². The summed E-state index contributed by atoms with van der Waals surface area (Å²) in [5.74, 6) is -2.49. The van der Waals surface area contributed by atoms with Crippen molar-refractivity contribution < 1.29 is 28.7 Å². The van der Waals surface area contributed by atoms with Gasteiger partial charge in [0.1, 0.15) is 6.04 Å². The minimum absolute atomic E-state index is 0.193. The van der Waals surface area contributed by atoms with Gasteiger partial charge in [-0.05, 0) is 20.8 Å². The molecular weight excluding hydrogens is 280 g/mol. The second-order valence-electron chi connectivity index (χ2n) is 3.88. The Bertz CT molecular complexity index is 419. The lowest BCUT2D eigenvalue weighted by atomic mass is 10.3. The highest BCUT2D eigenvalue weighted by Gasteiger charge is 2.15. The van der Waals surface area contributed by atoms with Crippen LogP contribution in [0.25, 0.3) is 0 Å². The van der Waals surface area contributed by atoms with Crippen molar-refractivity contribution in [3.8, 4) is 0 Å². The second kappa shape index (κ2) is 10.4. The number of likely N-dealkylation sites (N-methyl/N-ethyl adjacent to an activating group) is 1. The van der Waals surface area contributed by atoms with E-state index < -0.39 is 30.5 Å². The van der Waals surface area contributed by atoms with Crippen LogP contribution in [-0.2, 0) is 28.7 Å². The maximum absolute atomic E-state index is 11.4. The lowest BCUT2D eigenvalue weighted by Crippen LogP contribution is -2.46. The van der Waals surface area contributed by atoms with E-state index in [2.05, 4.69) is 20.1 Å². The number of carbonyl (C=O) groups is 4. The molecule has 0 spiro atoms. The highest BCUT2D eigenvalue weighted by Crippen LogP contribution is 1.87. The van der Waals surface area contributed by atoms with Crippen molar-refractivity contribution in [2.75, 3.05) is 19.8 Å². The first kappa shape index (κ1) is 18.6. The fraction of sp³-hybridized carbons (Fsp3) is 0.538. The molecule has 118 valence electrons. The predicted molar refractivity (Wildman–Crippen MR) is 73.0 cm³/mol. The van der Waals surface area contributed by atoms with Crippen molar-refractivity contribution in [1.82, 2.24) is 10.6 Å².